The van der Waals surface area contributed by atoms with Crippen molar-refractivity contribution in [3.63, 3.8) is 0 Å². The zero-order valence-corrected chi connectivity index (χ0v) is 9.97. The Morgan fingerprint density at radius 2 is 2.06 bits per heavy atom. The maximum atomic E-state index is 12.4. The van der Waals surface area contributed by atoms with Crippen molar-refractivity contribution in [1.29, 1.82) is 0 Å². The number of benzene rings is 1. The predicted octanol–water partition coefficient (Wildman–Crippen LogP) is 2.70. The van der Waals surface area contributed by atoms with Crippen LogP contribution in [0, 0.1) is 11.8 Å². The van der Waals surface area contributed by atoms with Gasteiger partial charge in [0.2, 0.25) is 0 Å². The summed E-state index contributed by atoms with van der Waals surface area (Å²) >= 11 is 0. The molecule has 0 saturated heterocycles. The average molecular weight is 257 g/mol. The number of hydrogen-bond donors (Lipinski definition) is 1. The van der Waals surface area contributed by atoms with Crippen LogP contribution < -0.4 is 10.1 Å². The Hall–Kier alpha value is -1.67. The zero-order valence-electron chi connectivity index (χ0n) is 9.97. The van der Waals surface area contributed by atoms with Crippen molar-refractivity contribution in [2.45, 2.75) is 13.1 Å². The van der Waals surface area contributed by atoms with Gasteiger partial charge in [-0.05, 0) is 24.7 Å². The van der Waals surface area contributed by atoms with Crippen LogP contribution in [0.15, 0.2) is 24.3 Å². The van der Waals surface area contributed by atoms with E-state index in [9.17, 15) is 13.2 Å². The lowest BCUT2D eigenvalue weighted by molar-refractivity contribution is -0.137. The minimum Gasteiger partial charge on any atom is -0.481 e. The van der Waals surface area contributed by atoms with Crippen molar-refractivity contribution in [3.8, 4) is 17.6 Å². The highest BCUT2D eigenvalue weighted by atomic mass is 19.4. The topological polar surface area (TPSA) is 21.3 Å². The quantitative estimate of drug-likeness (QED) is 0.661. The van der Waals surface area contributed by atoms with Gasteiger partial charge in [0, 0.05) is 0 Å². The van der Waals surface area contributed by atoms with E-state index in [1.165, 1.54) is 12.1 Å². The standard InChI is InChI=1S/C13H14F3NO/c1-2-17-8-3-4-9-18-12-7-5-6-11(10-12)13(14,15)16/h5-7,10,17H,2,8-9H2,1H3. The summed E-state index contributed by atoms with van der Waals surface area (Å²) in [5.74, 6) is 5.67. The molecule has 0 spiro atoms. The molecule has 0 aliphatic heterocycles. The summed E-state index contributed by atoms with van der Waals surface area (Å²) in [4.78, 5) is 0. The summed E-state index contributed by atoms with van der Waals surface area (Å²) in [6.07, 6.45) is -4.35. The molecule has 1 aromatic rings. The van der Waals surface area contributed by atoms with Gasteiger partial charge in [-0.1, -0.05) is 24.8 Å². The molecule has 0 fully saturated rings. The van der Waals surface area contributed by atoms with Crippen molar-refractivity contribution in [2.24, 2.45) is 0 Å². The Morgan fingerprint density at radius 3 is 2.72 bits per heavy atom. The molecular formula is C13H14F3NO. The lowest BCUT2D eigenvalue weighted by atomic mass is 10.2. The highest BCUT2D eigenvalue weighted by molar-refractivity contribution is 5.30. The molecule has 0 radical (unpaired) electrons. The van der Waals surface area contributed by atoms with Crippen LogP contribution in [-0.2, 0) is 6.18 Å². The number of nitrogens with one attached hydrogen (secondary N) is 1. The predicted molar refractivity (Wildman–Crippen MR) is 63.3 cm³/mol. The summed E-state index contributed by atoms with van der Waals surface area (Å²) in [7, 11) is 0. The molecule has 5 heteroatoms. The van der Waals surface area contributed by atoms with Gasteiger partial charge in [0.15, 0.2) is 0 Å². The van der Waals surface area contributed by atoms with E-state index in [-0.39, 0.29) is 12.4 Å². The van der Waals surface area contributed by atoms with Crippen LogP contribution in [0.2, 0.25) is 0 Å². The van der Waals surface area contributed by atoms with Gasteiger partial charge in [0.05, 0.1) is 12.1 Å². The summed E-state index contributed by atoms with van der Waals surface area (Å²) in [5.41, 5.74) is -0.722. The zero-order chi connectivity index (χ0) is 13.4. The van der Waals surface area contributed by atoms with Gasteiger partial charge in [0.25, 0.3) is 0 Å². The molecule has 1 rings (SSSR count). The number of alkyl halides is 3. The fourth-order valence-electron chi connectivity index (χ4n) is 1.18. The van der Waals surface area contributed by atoms with E-state index < -0.39 is 11.7 Å². The molecule has 1 aromatic carbocycles. The van der Waals surface area contributed by atoms with Crippen LogP contribution in [0.25, 0.3) is 0 Å². The molecule has 0 atom stereocenters. The Labute approximate surface area is 104 Å². The van der Waals surface area contributed by atoms with E-state index in [4.69, 9.17) is 4.74 Å². The van der Waals surface area contributed by atoms with Gasteiger partial charge in [-0.15, -0.1) is 0 Å². The maximum absolute atomic E-state index is 12.4. The smallest absolute Gasteiger partial charge is 0.416 e. The van der Waals surface area contributed by atoms with E-state index in [1.807, 2.05) is 6.92 Å². The Bertz CT molecular complexity index is 432. The van der Waals surface area contributed by atoms with Gasteiger partial charge in [-0.3, -0.25) is 0 Å². The number of rotatable bonds is 4. The van der Waals surface area contributed by atoms with E-state index in [0.29, 0.717) is 6.54 Å². The molecule has 1 N–H and O–H groups in total. The largest absolute Gasteiger partial charge is 0.481 e. The van der Waals surface area contributed by atoms with E-state index >= 15 is 0 Å². The summed E-state index contributed by atoms with van der Waals surface area (Å²) in [6, 6.07) is 4.75. The van der Waals surface area contributed by atoms with Crippen molar-refractivity contribution in [2.75, 3.05) is 19.7 Å². The Kier molecular flexibility index (Phi) is 5.53. The number of ether oxygens (including phenoxy) is 1. The second kappa shape index (κ2) is 6.92. The average Bonchev–Trinajstić information content (AvgIpc) is 2.33. The highest BCUT2D eigenvalue weighted by Gasteiger charge is 2.30. The third-order valence-corrected chi connectivity index (χ3v) is 2.06. The number of halogens is 3. The first-order valence-electron chi connectivity index (χ1n) is 5.50. The second-order valence-corrected chi connectivity index (χ2v) is 3.45. The molecule has 0 bridgehead atoms. The summed E-state index contributed by atoms with van der Waals surface area (Å²) in [5, 5.41) is 3.00. The molecule has 0 heterocycles. The van der Waals surface area contributed by atoms with Crippen LogP contribution in [-0.4, -0.2) is 19.7 Å². The van der Waals surface area contributed by atoms with Gasteiger partial charge >= 0.3 is 6.18 Å². The molecule has 0 unspecified atom stereocenters. The first kappa shape index (κ1) is 14.4. The first-order valence-corrected chi connectivity index (χ1v) is 5.50. The molecule has 0 aliphatic carbocycles. The second-order valence-electron chi connectivity index (χ2n) is 3.45. The van der Waals surface area contributed by atoms with Gasteiger partial charge in [-0.2, -0.15) is 13.2 Å². The SMILES string of the molecule is CCNCC#CCOc1cccc(C(F)(F)F)c1. The normalized spacial score (nSPS) is 10.7. The van der Waals surface area contributed by atoms with Crippen molar-refractivity contribution in [3.05, 3.63) is 29.8 Å². The summed E-state index contributed by atoms with van der Waals surface area (Å²) in [6.45, 7) is 3.40. The molecule has 0 aliphatic rings. The third-order valence-electron chi connectivity index (χ3n) is 2.06. The van der Waals surface area contributed by atoms with Gasteiger partial charge in [-0.25, -0.2) is 0 Å². The van der Waals surface area contributed by atoms with Gasteiger partial charge < -0.3 is 10.1 Å². The molecule has 0 saturated carbocycles. The highest BCUT2D eigenvalue weighted by Crippen LogP contribution is 2.31. The Balaban J connectivity index is 2.50. The van der Waals surface area contributed by atoms with Crippen molar-refractivity contribution >= 4 is 0 Å². The van der Waals surface area contributed by atoms with E-state index in [1.54, 1.807) is 0 Å². The molecule has 2 nitrogen and oxygen atoms in total. The van der Waals surface area contributed by atoms with Crippen LogP contribution >= 0.6 is 0 Å². The molecule has 98 valence electrons. The minimum atomic E-state index is -4.35. The monoisotopic (exact) mass is 257 g/mol. The van der Waals surface area contributed by atoms with E-state index in [0.717, 1.165) is 18.7 Å². The lowest BCUT2D eigenvalue weighted by Crippen LogP contribution is -2.12. The van der Waals surface area contributed by atoms with Crippen LogP contribution in [0.4, 0.5) is 13.2 Å². The minimum absolute atomic E-state index is 0.0761. The molecule has 0 amide bonds. The van der Waals surface area contributed by atoms with Gasteiger partial charge in [0.1, 0.15) is 12.4 Å². The fraction of sp³-hybridized carbons (Fsp3) is 0.385. The summed E-state index contributed by atoms with van der Waals surface area (Å²) < 4.78 is 42.3. The molecule has 18 heavy (non-hydrogen) atoms. The Morgan fingerprint density at radius 1 is 1.28 bits per heavy atom. The first-order chi connectivity index (χ1) is 8.54. The molecule has 0 aromatic heterocycles. The maximum Gasteiger partial charge on any atom is 0.416 e. The van der Waals surface area contributed by atoms with Crippen molar-refractivity contribution in [1.82, 2.24) is 5.32 Å². The number of hydrogen-bond acceptors (Lipinski definition) is 2. The van der Waals surface area contributed by atoms with Crippen LogP contribution in [0.3, 0.4) is 0 Å². The fourth-order valence-corrected chi connectivity index (χ4v) is 1.18. The molecular weight excluding hydrogens is 243 g/mol. The third kappa shape index (κ3) is 5.11. The lowest BCUT2D eigenvalue weighted by Gasteiger charge is -2.08. The van der Waals surface area contributed by atoms with Crippen LogP contribution in [0.5, 0.6) is 5.75 Å². The van der Waals surface area contributed by atoms with E-state index in [2.05, 4.69) is 17.2 Å². The van der Waals surface area contributed by atoms with Crippen LogP contribution in [0.1, 0.15) is 12.5 Å². The van der Waals surface area contributed by atoms with Crippen molar-refractivity contribution < 1.29 is 17.9 Å².